The van der Waals surface area contributed by atoms with Crippen molar-refractivity contribution in [1.82, 2.24) is 10.6 Å². The molecule has 1 heterocycles. The van der Waals surface area contributed by atoms with Crippen LogP contribution in [0.3, 0.4) is 0 Å². The van der Waals surface area contributed by atoms with Crippen molar-refractivity contribution in [3.63, 3.8) is 0 Å². The molecule has 2 N–H and O–H groups in total. The third kappa shape index (κ3) is 3.96. The fourth-order valence-corrected chi connectivity index (χ4v) is 3.07. The first-order valence-electron chi connectivity index (χ1n) is 7.53. The van der Waals surface area contributed by atoms with E-state index in [0.717, 1.165) is 19.5 Å². The van der Waals surface area contributed by atoms with Gasteiger partial charge < -0.3 is 10.6 Å². The van der Waals surface area contributed by atoms with Gasteiger partial charge in [0.2, 0.25) is 0 Å². The molecule has 1 atom stereocenters. The highest BCUT2D eigenvalue weighted by molar-refractivity contribution is 5.94. The van der Waals surface area contributed by atoms with Crippen molar-refractivity contribution < 1.29 is 13.6 Å². The topological polar surface area (TPSA) is 41.1 Å². The van der Waals surface area contributed by atoms with Gasteiger partial charge in [-0.15, -0.1) is 12.4 Å². The van der Waals surface area contributed by atoms with Crippen LogP contribution >= 0.6 is 12.4 Å². The summed E-state index contributed by atoms with van der Waals surface area (Å²) in [6.07, 6.45) is 1.84. The molecule has 3 nitrogen and oxygen atoms in total. The third-order valence-corrected chi connectivity index (χ3v) is 4.37. The molecule has 1 unspecified atom stereocenters. The van der Waals surface area contributed by atoms with Crippen molar-refractivity contribution in [3.05, 3.63) is 35.4 Å². The van der Waals surface area contributed by atoms with Gasteiger partial charge in [-0.05, 0) is 43.0 Å². The Morgan fingerprint density at radius 3 is 2.45 bits per heavy atom. The number of piperidine rings is 1. The first-order chi connectivity index (χ1) is 10.0. The van der Waals surface area contributed by atoms with E-state index in [1.54, 1.807) is 12.1 Å². The van der Waals surface area contributed by atoms with Gasteiger partial charge in [0, 0.05) is 31.0 Å². The van der Waals surface area contributed by atoms with Crippen LogP contribution in [0.15, 0.2) is 24.3 Å². The van der Waals surface area contributed by atoms with E-state index in [2.05, 4.69) is 10.6 Å². The molecule has 0 aromatic heterocycles. The highest BCUT2D eigenvalue weighted by Gasteiger charge is 2.45. The quantitative estimate of drug-likeness (QED) is 0.894. The lowest BCUT2D eigenvalue weighted by atomic mass is 9.88. The SMILES string of the molecule is Cl.O=C(NC1CC(F)(F)C1)c1ccc(C2CCCNC2)cc1. The number of hydrogen-bond donors (Lipinski definition) is 2. The maximum atomic E-state index is 12.7. The average molecular weight is 331 g/mol. The van der Waals surface area contributed by atoms with Gasteiger partial charge in [-0.25, -0.2) is 8.78 Å². The zero-order valence-electron chi connectivity index (χ0n) is 12.3. The number of halogens is 3. The van der Waals surface area contributed by atoms with Crippen LogP contribution in [0.1, 0.15) is 47.5 Å². The Labute approximate surface area is 135 Å². The van der Waals surface area contributed by atoms with Crippen LogP contribution < -0.4 is 10.6 Å². The van der Waals surface area contributed by atoms with E-state index in [1.807, 2.05) is 12.1 Å². The largest absolute Gasteiger partial charge is 0.349 e. The molecule has 0 radical (unpaired) electrons. The van der Waals surface area contributed by atoms with Crippen LogP contribution in [-0.2, 0) is 0 Å². The summed E-state index contributed by atoms with van der Waals surface area (Å²) in [5, 5.41) is 6.03. The summed E-state index contributed by atoms with van der Waals surface area (Å²) in [5.41, 5.74) is 1.77. The van der Waals surface area contributed by atoms with Crippen LogP contribution in [0.4, 0.5) is 8.78 Å². The third-order valence-electron chi connectivity index (χ3n) is 4.37. The molecule has 1 amide bonds. The minimum atomic E-state index is -2.60. The molecule has 2 fully saturated rings. The maximum Gasteiger partial charge on any atom is 0.252 e. The fourth-order valence-electron chi connectivity index (χ4n) is 3.07. The summed E-state index contributed by atoms with van der Waals surface area (Å²) >= 11 is 0. The smallest absolute Gasteiger partial charge is 0.252 e. The van der Waals surface area contributed by atoms with E-state index in [0.29, 0.717) is 11.5 Å². The first kappa shape index (κ1) is 17.2. The lowest BCUT2D eigenvalue weighted by Crippen LogP contribution is -2.50. The fraction of sp³-hybridized carbons (Fsp3) is 0.562. The van der Waals surface area contributed by atoms with E-state index < -0.39 is 12.0 Å². The number of carbonyl (C=O) groups excluding carboxylic acids is 1. The van der Waals surface area contributed by atoms with Crippen LogP contribution in [-0.4, -0.2) is 31.0 Å². The number of carbonyl (C=O) groups is 1. The molecular formula is C16H21ClF2N2O. The molecule has 1 saturated heterocycles. The van der Waals surface area contributed by atoms with E-state index in [1.165, 1.54) is 12.0 Å². The molecule has 0 bridgehead atoms. The van der Waals surface area contributed by atoms with Gasteiger partial charge in [-0.1, -0.05) is 12.1 Å². The molecule has 6 heteroatoms. The lowest BCUT2D eigenvalue weighted by molar-refractivity contribution is -0.0901. The van der Waals surface area contributed by atoms with Gasteiger partial charge in [0.25, 0.3) is 11.8 Å². The molecule has 1 aliphatic heterocycles. The van der Waals surface area contributed by atoms with Gasteiger partial charge in [0.15, 0.2) is 0 Å². The van der Waals surface area contributed by atoms with Gasteiger partial charge in [-0.2, -0.15) is 0 Å². The number of benzene rings is 1. The molecule has 1 aromatic rings. The zero-order chi connectivity index (χ0) is 14.9. The molecule has 22 heavy (non-hydrogen) atoms. The van der Waals surface area contributed by atoms with E-state index >= 15 is 0 Å². The highest BCUT2D eigenvalue weighted by atomic mass is 35.5. The Hall–Kier alpha value is -1.20. The number of hydrogen-bond acceptors (Lipinski definition) is 2. The van der Waals surface area contributed by atoms with Gasteiger partial charge in [0.05, 0.1) is 0 Å². The molecule has 1 aromatic carbocycles. The summed E-state index contributed by atoms with van der Waals surface area (Å²) in [7, 11) is 0. The van der Waals surface area contributed by atoms with Crippen molar-refractivity contribution in [1.29, 1.82) is 0 Å². The summed E-state index contributed by atoms with van der Waals surface area (Å²) in [6.45, 7) is 2.05. The molecular weight excluding hydrogens is 310 g/mol. The van der Waals surface area contributed by atoms with Crippen molar-refractivity contribution in [2.24, 2.45) is 0 Å². The maximum absolute atomic E-state index is 12.7. The normalized spacial score (nSPS) is 24.0. The molecule has 3 rings (SSSR count). The molecule has 122 valence electrons. The second-order valence-electron chi connectivity index (χ2n) is 6.10. The Morgan fingerprint density at radius 1 is 1.23 bits per heavy atom. The minimum absolute atomic E-state index is 0. The van der Waals surface area contributed by atoms with Crippen molar-refractivity contribution in [3.8, 4) is 0 Å². The van der Waals surface area contributed by atoms with Crippen molar-refractivity contribution in [2.75, 3.05) is 13.1 Å². The van der Waals surface area contributed by atoms with Crippen molar-refractivity contribution in [2.45, 2.75) is 43.6 Å². The number of rotatable bonds is 3. The predicted molar refractivity (Wildman–Crippen MR) is 84.0 cm³/mol. The zero-order valence-corrected chi connectivity index (χ0v) is 13.1. The standard InChI is InChI=1S/C16H20F2N2O.ClH/c17-16(18)8-14(9-16)20-15(21)12-5-3-11(4-6-12)13-2-1-7-19-10-13;/h3-6,13-14,19H,1-2,7-10H2,(H,20,21);1H. The molecule has 2 aliphatic rings. The van der Waals surface area contributed by atoms with E-state index in [-0.39, 0.29) is 31.2 Å². The second kappa shape index (κ2) is 6.92. The number of amides is 1. The van der Waals surface area contributed by atoms with Crippen LogP contribution in [0.5, 0.6) is 0 Å². The number of alkyl halides is 2. The van der Waals surface area contributed by atoms with Gasteiger partial charge in [0.1, 0.15) is 0 Å². The predicted octanol–water partition coefficient (Wildman–Crippen LogP) is 3.10. The molecule has 0 spiro atoms. The van der Waals surface area contributed by atoms with E-state index in [9.17, 15) is 13.6 Å². The average Bonchev–Trinajstić information content (AvgIpc) is 2.46. The Balaban J connectivity index is 0.00000176. The highest BCUT2D eigenvalue weighted by Crippen LogP contribution is 2.37. The Morgan fingerprint density at radius 2 is 1.91 bits per heavy atom. The van der Waals surface area contributed by atoms with Gasteiger partial charge in [-0.3, -0.25) is 4.79 Å². The Bertz CT molecular complexity index is 507. The van der Waals surface area contributed by atoms with Crippen LogP contribution in [0.2, 0.25) is 0 Å². The van der Waals surface area contributed by atoms with Crippen LogP contribution in [0.25, 0.3) is 0 Å². The summed E-state index contributed by atoms with van der Waals surface area (Å²) < 4.78 is 25.5. The Kier molecular flexibility index (Phi) is 5.40. The lowest BCUT2D eigenvalue weighted by Gasteiger charge is -2.35. The first-order valence-corrected chi connectivity index (χ1v) is 7.53. The summed E-state index contributed by atoms with van der Waals surface area (Å²) in [5.74, 6) is -2.36. The van der Waals surface area contributed by atoms with Gasteiger partial charge >= 0.3 is 0 Å². The van der Waals surface area contributed by atoms with E-state index in [4.69, 9.17) is 0 Å². The summed E-state index contributed by atoms with van der Waals surface area (Å²) in [4.78, 5) is 12.0. The van der Waals surface area contributed by atoms with Crippen LogP contribution in [0, 0.1) is 0 Å². The number of nitrogens with one attached hydrogen (secondary N) is 2. The molecule has 1 aliphatic carbocycles. The summed E-state index contributed by atoms with van der Waals surface area (Å²) in [6, 6.07) is 7.13. The monoisotopic (exact) mass is 330 g/mol. The molecule has 1 saturated carbocycles. The minimum Gasteiger partial charge on any atom is -0.349 e. The second-order valence-corrected chi connectivity index (χ2v) is 6.10. The van der Waals surface area contributed by atoms with Crippen molar-refractivity contribution >= 4 is 18.3 Å².